The number of hydroxylamine groups is 4. The van der Waals surface area contributed by atoms with Gasteiger partial charge in [0.05, 0.1) is 12.2 Å². The van der Waals surface area contributed by atoms with E-state index in [0.29, 0.717) is 35.9 Å². The molecule has 50 heavy (non-hydrogen) atoms. The maximum absolute atomic E-state index is 6.82. The van der Waals surface area contributed by atoms with Crippen molar-refractivity contribution in [2.45, 2.75) is 231 Å². The quantitative estimate of drug-likeness (QED) is 0.197. The van der Waals surface area contributed by atoms with E-state index in [2.05, 4.69) is 100.0 Å². The summed E-state index contributed by atoms with van der Waals surface area (Å²) in [4.78, 5) is 28.0. The van der Waals surface area contributed by atoms with Crippen LogP contribution in [0.3, 0.4) is 0 Å². The molecule has 286 valence electrons. The van der Waals surface area contributed by atoms with E-state index in [1.807, 2.05) is 0 Å². The van der Waals surface area contributed by atoms with Crippen molar-refractivity contribution in [3.05, 3.63) is 6.33 Å². The Morgan fingerprint density at radius 1 is 0.600 bits per heavy atom. The van der Waals surface area contributed by atoms with E-state index >= 15 is 0 Å². The maximum atomic E-state index is 6.82. The molecular formula is C41H75N7O2. The van der Waals surface area contributed by atoms with Crippen LogP contribution in [0.25, 0.3) is 0 Å². The summed E-state index contributed by atoms with van der Waals surface area (Å²) >= 11 is 0. The summed E-state index contributed by atoms with van der Waals surface area (Å²) in [6, 6.07) is 0.569. The molecule has 9 nitrogen and oxygen atoms in total. The van der Waals surface area contributed by atoms with Crippen LogP contribution in [0.5, 0.6) is 0 Å². The largest absolute Gasteiger partial charge is 0.351 e. The summed E-state index contributed by atoms with van der Waals surface area (Å²) in [5, 5.41) is 12.4. The molecule has 0 spiro atoms. The van der Waals surface area contributed by atoms with Gasteiger partial charge in [-0.05, 0) is 131 Å². The number of piperidine rings is 2. The summed E-state index contributed by atoms with van der Waals surface area (Å²) < 4.78 is 0. The molecule has 2 aliphatic heterocycles. The molecule has 1 aromatic heterocycles. The standard InChI is InChI=1S/C41H75N7O2/c1-11-19-34(30-25-38(3,4)47(39(5,6)26-30)49-32-21-15-13-16-22-32)44-36-42-29-43-37(46-36)45-35(20-12-2)31-27-40(7,8)48(41(9,10)28-31)50-33-23-17-14-18-24-33/h29-35H,11-28H2,1-10H3,(H2,42,43,44,45,46). The van der Waals surface area contributed by atoms with Gasteiger partial charge >= 0.3 is 0 Å². The lowest BCUT2D eigenvalue weighted by molar-refractivity contribution is -0.314. The Balaban J connectivity index is 1.26. The smallest absolute Gasteiger partial charge is 0.227 e. The number of aromatic nitrogens is 3. The van der Waals surface area contributed by atoms with E-state index in [1.165, 1.54) is 64.2 Å². The normalized spacial score (nSPS) is 26.8. The number of anilines is 2. The molecule has 2 aliphatic carbocycles. The third kappa shape index (κ3) is 9.90. The maximum Gasteiger partial charge on any atom is 0.227 e. The summed E-state index contributed by atoms with van der Waals surface area (Å²) in [5.41, 5.74) is -0.241. The van der Waals surface area contributed by atoms with Crippen LogP contribution in [-0.4, -0.2) is 71.5 Å². The van der Waals surface area contributed by atoms with Crippen LogP contribution in [0.4, 0.5) is 11.9 Å². The van der Waals surface area contributed by atoms with E-state index in [-0.39, 0.29) is 34.2 Å². The molecule has 2 N–H and O–H groups in total. The fourth-order valence-electron chi connectivity index (χ4n) is 10.7. The second-order valence-electron chi connectivity index (χ2n) is 19.1. The second-order valence-corrected chi connectivity index (χ2v) is 19.1. The van der Waals surface area contributed by atoms with Gasteiger partial charge < -0.3 is 10.6 Å². The molecule has 2 saturated heterocycles. The topological polar surface area (TPSA) is 87.7 Å². The summed E-state index contributed by atoms with van der Waals surface area (Å²) in [6.45, 7) is 23.6. The van der Waals surface area contributed by atoms with Crippen LogP contribution in [-0.2, 0) is 9.68 Å². The van der Waals surface area contributed by atoms with Crippen LogP contribution >= 0.6 is 0 Å². The van der Waals surface area contributed by atoms with Crippen molar-refractivity contribution in [3.8, 4) is 0 Å². The lowest BCUT2D eigenvalue weighted by atomic mass is 9.71. The van der Waals surface area contributed by atoms with Gasteiger partial charge in [-0.1, -0.05) is 65.2 Å². The third-order valence-electron chi connectivity index (χ3n) is 12.4. The SMILES string of the molecule is CCCC(Nc1ncnc(NC(CCC)C2CC(C)(C)N(OC3CCCCC3)C(C)(C)C2)n1)C1CC(C)(C)N(OC2CCCCC2)C(C)(C)C1. The van der Waals surface area contributed by atoms with Gasteiger partial charge in [0, 0.05) is 34.2 Å². The first-order valence-corrected chi connectivity index (χ1v) is 20.8. The summed E-state index contributed by atoms with van der Waals surface area (Å²) in [7, 11) is 0. The van der Waals surface area contributed by atoms with Gasteiger partial charge in [0.25, 0.3) is 0 Å². The highest BCUT2D eigenvalue weighted by Gasteiger charge is 2.50. The fourth-order valence-corrected chi connectivity index (χ4v) is 10.7. The Labute approximate surface area is 306 Å². The van der Waals surface area contributed by atoms with Crippen molar-refractivity contribution in [1.82, 2.24) is 25.1 Å². The summed E-state index contributed by atoms with van der Waals surface area (Å²) in [6.07, 6.45) is 23.7. The highest BCUT2D eigenvalue weighted by Crippen LogP contribution is 2.46. The number of nitrogens with one attached hydrogen (secondary N) is 2. The van der Waals surface area contributed by atoms with Crippen molar-refractivity contribution >= 4 is 11.9 Å². The van der Waals surface area contributed by atoms with Crippen molar-refractivity contribution < 1.29 is 9.68 Å². The van der Waals surface area contributed by atoms with Crippen molar-refractivity contribution in [1.29, 1.82) is 0 Å². The molecule has 5 rings (SSSR count). The summed E-state index contributed by atoms with van der Waals surface area (Å²) in [5.74, 6) is 2.34. The number of hydrogen-bond acceptors (Lipinski definition) is 9. The average molecular weight is 698 g/mol. The van der Waals surface area contributed by atoms with Gasteiger partial charge in [0.2, 0.25) is 11.9 Å². The molecule has 0 radical (unpaired) electrons. The Morgan fingerprint density at radius 2 is 0.940 bits per heavy atom. The molecule has 3 heterocycles. The van der Waals surface area contributed by atoms with Gasteiger partial charge in [-0.3, -0.25) is 9.68 Å². The molecule has 0 bridgehead atoms. The van der Waals surface area contributed by atoms with E-state index in [1.54, 1.807) is 6.33 Å². The van der Waals surface area contributed by atoms with E-state index in [9.17, 15) is 0 Å². The van der Waals surface area contributed by atoms with Gasteiger partial charge in [-0.2, -0.15) is 15.1 Å². The Hall–Kier alpha value is -1.55. The molecule has 0 aromatic carbocycles. The molecule has 2 unspecified atom stereocenters. The lowest BCUT2D eigenvalue weighted by Gasteiger charge is -2.56. The Bertz CT molecular complexity index is 1070. The average Bonchev–Trinajstić information content (AvgIpc) is 3.04. The second kappa shape index (κ2) is 16.6. The Morgan fingerprint density at radius 3 is 1.26 bits per heavy atom. The minimum atomic E-state index is -0.0602. The van der Waals surface area contributed by atoms with E-state index < -0.39 is 0 Å². The fraction of sp³-hybridized carbons (Fsp3) is 0.927. The lowest BCUT2D eigenvalue weighted by Crippen LogP contribution is -2.63. The Kier molecular flexibility index (Phi) is 13.2. The van der Waals surface area contributed by atoms with E-state index in [4.69, 9.17) is 14.7 Å². The number of rotatable bonds is 14. The zero-order valence-electron chi connectivity index (χ0n) is 33.8. The van der Waals surface area contributed by atoms with Gasteiger partial charge in [0.15, 0.2) is 0 Å². The minimum absolute atomic E-state index is 0.0602. The van der Waals surface area contributed by atoms with Crippen LogP contribution in [0.1, 0.15) is 185 Å². The first-order valence-electron chi connectivity index (χ1n) is 20.8. The monoisotopic (exact) mass is 698 g/mol. The molecule has 1 aromatic rings. The minimum Gasteiger partial charge on any atom is -0.351 e. The highest BCUT2D eigenvalue weighted by molar-refractivity contribution is 5.35. The molecule has 4 fully saturated rings. The number of nitrogens with zero attached hydrogens (tertiary/aromatic N) is 5. The molecule has 9 heteroatoms. The third-order valence-corrected chi connectivity index (χ3v) is 12.4. The van der Waals surface area contributed by atoms with Crippen molar-refractivity contribution in [2.24, 2.45) is 11.8 Å². The van der Waals surface area contributed by atoms with Crippen molar-refractivity contribution in [3.63, 3.8) is 0 Å². The van der Waals surface area contributed by atoms with E-state index in [0.717, 1.165) is 51.4 Å². The van der Waals surface area contributed by atoms with Crippen LogP contribution < -0.4 is 10.6 Å². The van der Waals surface area contributed by atoms with Crippen LogP contribution in [0, 0.1) is 11.8 Å². The van der Waals surface area contributed by atoms with Crippen molar-refractivity contribution in [2.75, 3.05) is 10.6 Å². The predicted molar refractivity (Wildman–Crippen MR) is 206 cm³/mol. The zero-order chi connectivity index (χ0) is 36.2. The molecule has 0 amide bonds. The van der Waals surface area contributed by atoms with Gasteiger partial charge in [-0.25, -0.2) is 9.97 Å². The van der Waals surface area contributed by atoms with Gasteiger partial charge in [0.1, 0.15) is 6.33 Å². The highest BCUT2D eigenvalue weighted by atomic mass is 16.7. The van der Waals surface area contributed by atoms with Crippen LogP contribution in [0.2, 0.25) is 0 Å². The first-order chi connectivity index (χ1) is 23.6. The number of hydrogen-bond donors (Lipinski definition) is 2. The molecular weight excluding hydrogens is 622 g/mol. The molecule has 2 atom stereocenters. The van der Waals surface area contributed by atoms with Crippen LogP contribution in [0.15, 0.2) is 6.33 Å². The van der Waals surface area contributed by atoms with Gasteiger partial charge in [-0.15, -0.1) is 0 Å². The zero-order valence-corrected chi connectivity index (χ0v) is 33.8. The molecule has 4 aliphatic rings. The predicted octanol–water partition coefficient (Wildman–Crippen LogP) is 10.1. The first kappa shape index (κ1) is 39.7. The molecule has 2 saturated carbocycles.